The first-order valence-electron chi connectivity index (χ1n) is 7.33. The third kappa shape index (κ3) is 3.43. The van der Waals surface area contributed by atoms with Crippen LogP contribution in [-0.4, -0.2) is 53.1 Å². The van der Waals surface area contributed by atoms with Gasteiger partial charge in [0, 0.05) is 39.5 Å². The molecule has 2 amide bonds. The number of methoxy groups -OCH3 is 1. The molecule has 3 heterocycles. The molecule has 0 unspecified atom stereocenters. The molecule has 0 aliphatic carbocycles. The smallest absolute Gasteiger partial charge is 0.290 e. The number of hydrogen-bond acceptors (Lipinski definition) is 5. The molecule has 0 saturated heterocycles. The normalized spacial score (nSPS) is 14.0. The van der Waals surface area contributed by atoms with Gasteiger partial charge in [0.1, 0.15) is 5.69 Å². The van der Waals surface area contributed by atoms with Crippen LogP contribution >= 0.6 is 11.3 Å². The SMILES string of the molecule is COCCN1CCn2cc(C(=O)NCc3ccsc3)nc2C1=O. The van der Waals surface area contributed by atoms with Gasteiger partial charge in [0.05, 0.1) is 6.61 Å². The van der Waals surface area contributed by atoms with Gasteiger partial charge < -0.3 is 19.5 Å². The molecule has 122 valence electrons. The second-order valence-electron chi connectivity index (χ2n) is 5.24. The van der Waals surface area contributed by atoms with E-state index in [9.17, 15) is 9.59 Å². The quantitative estimate of drug-likeness (QED) is 0.854. The van der Waals surface area contributed by atoms with E-state index in [2.05, 4.69) is 10.3 Å². The Bertz CT molecular complexity index is 696. The molecule has 7 nitrogen and oxygen atoms in total. The molecule has 1 aliphatic heterocycles. The fourth-order valence-corrected chi connectivity index (χ4v) is 3.09. The zero-order chi connectivity index (χ0) is 16.2. The van der Waals surface area contributed by atoms with Crippen LogP contribution in [0.15, 0.2) is 23.0 Å². The Hall–Kier alpha value is -2.19. The molecular weight excluding hydrogens is 316 g/mol. The first-order chi connectivity index (χ1) is 11.2. The van der Waals surface area contributed by atoms with Crippen molar-refractivity contribution >= 4 is 23.2 Å². The number of carbonyl (C=O) groups excluding carboxylic acids is 2. The van der Waals surface area contributed by atoms with Gasteiger partial charge in [-0.05, 0) is 22.4 Å². The van der Waals surface area contributed by atoms with Gasteiger partial charge in [-0.15, -0.1) is 0 Å². The largest absolute Gasteiger partial charge is 0.383 e. The standard InChI is InChI=1S/C15H18N4O3S/c1-22-6-5-18-3-4-19-9-12(17-13(19)15(18)21)14(20)16-8-11-2-7-23-10-11/h2,7,9-10H,3-6,8H2,1H3,(H,16,20). The number of thiophene rings is 1. The third-order valence-electron chi connectivity index (χ3n) is 3.70. The zero-order valence-electron chi connectivity index (χ0n) is 12.8. The molecule has 0 spiro atoms. The molecule has 1 aliphatic rings. The highest BCUT2D eigenvalue weighted by Crippen LogP contribution is 2.13. The molecule has 2 aromatic heterocycles. The lowest BCUT2D eigenvalue weighted by Gasteiger charge is -2.26. The summed E-state index contributed by atoms with van der Waals surface area (Å²) < 4.78 is 6.75. The number of ether oxygens (including phenoxy) is 1. The summed E-state index contributed by atoms with van der Waals surface area (Å²) in [6.45, 7) is 2.71. The summed E-state index contributed by atoms with van der Waals surface area (Å²) in [6.07, 6.45) is 1.64. The summed E-state index contributed by atoms with van der Waals surface area (Å²) in [5.41, 5.74) is 1.33. The molecule has 0 bridgehead atoms. The fraction of sp³-hybridized carbons (Fsp3) is 0.400. The van der Waals surface area contributed by atoms with Gasteiger partial charge in [-0.1, -0.05) is 0 Å². The Labute approximate surface area is 137 Å². The van der Waals surface area contributed by atoms with Crippen molar-refractivity contribution in [3.8, 4) is 0 Å². The minimum absolute atomic E-state index is 0.162. The van der Waals surface area contributed by atoms with Gasteiger partial charge >= 0.3 is 0 Å². The molecule has 0 aromatic carbocycles. The van der Waals surface area contributed by atoms with Gasteiger partial charge in [0.2, 0.25) is 0 Å². The summed E-state index contributed by atoms with van der Waals surface area (Å²) in [7, 11) is 1.60. The highest BCUT2D eigenvalue weighted by atomic mass is 32.1. The van der Waals surface area contributed by atoms with E-state index in [1.807, 2.05) is 16.8 Å². The van der Waals surface area contributed by atoms with E-state index in [1.54, 1.807) is 34.1 Å². The molecule has 0 atom stereocenters. The monoisotopic (exact) mass is 334 g/mol. The number of imidazole rings is 1. The van der Waals surface area contributed by atoms with Crippen molar-refractivity contribution in [1.29, 1.82) is 0 Å². The number of aromatic nitrogens is 2. The summed E-state index contributed by atoms with van der Waals surface area (Å²) in [5.74, 6) is -0.118. The third-order valence-corrected chi connectivity index (χ3v) is 4.43. The number of hydrogen-bond donors (Lipinski definition) is 1. The average molecular weight is 334 g/mol. The van der Waals surface area contributed by atoms with Crippen LogP contribution < -0.4 is 5.32 Å². The van der Waals surface area contributed by atoms with Crippen LogP contribution in [0.3, 0.4) is 0 Å². The fourth-order valence-electron chi connectivity index (χ4n) is 2.42. The Morgan fingerprint density at radius 3 is 3.09 bits per heavy atom. The Morgan fingerprint density at radius 1 is 1.48 bits per heavy atom. The lowest BCUT2D eigenvalue weighted by atomic mass is 10.3. The van der Waals surface area contributed by atoms with Crippen LogP contribution in [-0.2, 0) is 17.8 Å². The van der Waals surface area contributed by atoms with E-state index in [0.29, 0.717) is 38.6 Å². The summed E-state index contributed by atoms with van der Waals surface area (Å²) in [6, 6.07) is 1.96. The Kier molecular flexibility index (Phi) is 4.73. The van der Waals surface area contributed by atoms with Crippen molar-refractivity contribution in [2.24, 2.45) is 0 Å². The maximum Gasteiger partial charge on any atom is 0.290 e. The van der Waals surface area contributed by atoms with E-state index >= 15 is 0 Å². The van der Waals surface area contributed by atoms with E-state index in [-0.39, 0.29) is 17.5 Å². The predicted molar refractivity (Wildman–Crippen MR) is 85.5 cm³/mol. The molecule has 8 heteroatoms. The topological polar surface area (TPSA) is 76.5 Å². The molecule has 3 rings (SSSR count). The molecular formula is C15H18N4O3S. The van der Waals surface area contributed by atoms with Crippen molar-refractivity contribution in [3.05, 3.63) is 40.1 Å². The average Bonchev–Trinajstić information content (AvgIpc) is 3.21. The van der Waals surface area contributed by atoms with E-state index in [4.69, 9.17) is 4.74 Å². The van der Waals surface area contributed by atoms with Crippen LogP contribution in [0.1, 0.15) is 26.7 Å². The number of fused-ring (bicyclic) bond motifs is 1. The van der Waals surface area contributed by atoms with Crippen molar-refractivity contribution < 1.29 is 14.3 Å². The summed E-state index contributed by atoms with van der Waals surface area (Å²) in [5, 5.41) is 6.76. The van der Waals surface area contributed by atoms with E-state index in [1.165, 1.54) is 0 Å². The minimum atomic E-state index is -0.269. The van der Waals surface area contributed by atoms with Gasteiger partial charge in [-0.25, -0.2) is 4.98 Å². The second-order valence-corrected chi connectivity index (χ2v) is 6.02. The van der Waals surface area contributed by atoms with E-state index in [0.717, 1.165) is 5.56 Å². The summed E-state index contributed by atoms with van der Waals surface area (Å²) >= 11 is 1.58. The summed E-state index contributed by atoms with van der Waals surface area (Å²) in [4.78, 5) is 30.5. The predicted octanol–water partition coefficient (Wildman–Crippen LogP) is 0.977. The van der Waals surface area contributed by atoms with Crippen molar-refractivity contribution in [2.45, 2.75) is 13.1 Å². The van der Waals surface area contributed by atoms with Crippen LogP contribution in [0.5, 0.6) is 0 Å². The van der Waals surface area contributed by atoms with Gasteiger partial charge in [-0.3, -0.25) is 9.59 Å². The van der Waals surface area contributed by atoms with Crippen LogP contribution in [0, 0.1) is 0 Å². The number of amides is 2. The maximum atomic E-state index is 12.4. The Balaban J connectivity index is 1.67. The van der Waals surface area contributed by atoms with Crippen molar-refractivity contribution in [2.75, 3.05) is 26.8 Å². The zero-order valence-corrected chi connectivity index (χ0v) is 13.6. The molecule has 23 heavy (non-hydrogen) atoms. The number of nitrogens with zero attached hydrogens (tertiary/aromatic N) is 3. The van der Waals surface area contributed by atoms with Gasteiger partial charge in [-0.2, -0.15) is 11.3 Å². The van der Waals surface area contributed by atoms with Crippen molar-refractivity contribution in [3.63, 3.8) is 0 Å². The molecule has 0 saturated carbocycles. The van der Waals surface area contributed by atoms with Gasteiger partial charge in [0.15, 0.2) is 5.82 Å². The van der Waals surface area contributed by atoms with Crippen LogP contribution in [0.25, 0.3) is 0 Å². The first-order valence-corrected chi connectivity index (χ1v) is 8.28. The molecule has 1 N–H and O–H groups in total. The lowest BCUT2D eigenvalue weighted by Crippen LogP contribution is -2.42. The van der Waals surface area contributed by atoms with Gasteiger partial charge in [0.25, 0.3) is 11.8 Å². The highest BCUT2D eigenvalue weighted by Gasteiger charge is 2.27. The Morgan fingerprint density at radius 2 is 2.35 bits per heavy atom. The first kappa shape index (κ1) is 15.7. The second kappa shape index (κ2) is 6.93. The minimum Gasteiger partial charge on any atom is -0.383 e. The number of rotatable bonds is 6. The molecule has 0 fully saturated rings. The van der Waals surface area contributed by atoms with E-state index < -0.39 is 0 Å². The van der Waals surface area contributed by atoms with Crippen LogP contribution in [0.2, 0.25) is 0 Å². The van der Waals surface area contributed by atoms with Crippen molar-refractivity contribution in [1.82, 2.24) is 19.8 Å². The van der Waals surface area contributed by atoms with Crippen LogP contribution in [0.4, 0.5) is 0 Å². The molecule has 0 radical (unpaired) electrons. The maximum absolute atomic E-state index is 12.4. The molecule has 2 aromatic rings. The number of carbonyl (C=O) groups is 2. The lowest BCUT2D eigenvalue weighted by molar-refractivity contribution is 0.0634. The number of nitrogens with one attached hydrogen (secondary N) is 1. The highest BCUT2D eigenvalue weighted by molar-refractivity contribution is 7.07.